The lowest BCUT2D eigenvalue weighted by molar-refractivity contribution is 0.438. The molecule has 1 aromatic rings. The van der Waals surface area contributed by atoms with Crippen LogP contribution in [0.15, 0.2) is 30.3 Å². The Balaban J connectivity index is 1.74. The van der Waals surface area contributed by atoms with Gasteiger partial charge in [-0.3, -0.25) is 0 Å². The zero-order chi connectivity index (χ0) is 10.1. The third-order valence-corrected chi connectivity index (χ3v) is 3.62. The van der Waals surface area contributed by atoms with Crippen LogP contribution in [0.5, 0.6) is 0 Å². The van der Waals surface area contributed by atoms with Crippen molar-refractivity contribution in [3.8, 4) is 0 Å². The third kappa shape index (κ3) is 1.80. The van der Waals surface area contributed by atoms with E-state index in [0.29, 0.717) is 11.6 Å². The maximum Gasteiger partial charge on any atom is 0.0438 e. The zero-order valence-electron chi connectivity index (χ0n) is 9.00. The van der Waals surface area contributed by atoms with Gasteiger partial charge in [0.2, 0.25) is 0 Å². The minimum Gasteiger partial charge on any atom is -0.315 e. The van der Waals surface area contributed by atoms with Crippen molar-refractivity contribution in [1.82, 2.24) is 10.6 Å². The summed E-state index contributed by atoms with van der Waals surface area (Å²) < 4.78 is 0. The van der Waals surface area contributed by atoms with Gasteiger partial charge in [-0.1, -0.05) is 30.3 Å². The molecule has 1 unspecified atom stereocenters. The van der Waals surface area contributed by atoms with Crippen LogP contribution in [-0.2, 0) is 5.54 Å². The third-order valence-electron chi connectivity index (χ3n) is 3.62. The Kier molecular flexibility index (Phi) is 2.26. The van der Waals surface area contributed by atoms with Gasteiger partial charge in [-0.2, -0.15) is 0 Å². The van der Waals surface area contributed by atoms with E-state index < -0.39 is 0 Å². The van der Waals surface area contributed by atoms with Gasteiger partial charge in [0.1, 0.15) is 0 Å². The molecule has 2 heteroatoms. The summed E-state index contributed by atoms with van der Waals surface area (Å²) in [5.41, 5.74) is 1.79. The summed E-state index contributed by atoms with van der Waals surface area (Å²) in [6.07, 6.45) is 3.87. The van der Waals surface area contributed by atoms with Crippen molar-refractivity contribution in [2.45, 2.75) is 30.8 Å². The van der Waals surface area contributed by atoms with Crippen molar-refractivity contribution in [1.29, 1.82) is 0 Å². The number of nitrogens with one attached hydrogen (secondary N) is 2. The molecule has 1 aromatic carbocycles. The Morgan fingerprint density at radius 1 is 1.20 bits per heavy atom. The number of hydrogen-bond donors (Lipinski definition) is 2. The van der Waals surface area contributed by atoms with Crippen molar-refractivity contribution >= 4 is 0 Å². The van der Waals surface area contributed by atoms with Crippen LogP contribution in [-0.4, -0.2) is 19.1 Å². The molecule has 0 bridgehead atoms. The van der Waals surface area contributed by atoms with E-state index >= 15 is 0 Å². The Morgan fingerprint density at radius 2 is 2.00 bits per heavy atom. The molecule has 1 aliphatic carbocycles. The minimum absolute atomic E-state index is 0.317. The number of benzene rings is 1. The van der Waals surface area contributed by atoms with Gasteiger partial charge in [-0.15, -0.1) is 0 Å². The van der Waals surface area contributed by atoms with E-state index in [9.17, 15) is 0 Å². The summed E-state index contributed by atoms with van der Waals surface area (Å²) in [6, 6.07) is 11.6. The van der Waals surface area contributed by atoms with E-state index in [0.717, 1.165) is 6.54 Å². The largest absolute Gasteiger partial charge is 0.315 e. The van der Waals surface area contributed by atoms with Crippen molar-refractivity contribution in [2.24, 2.45) is 0 Å². The molecule has 2 aliphatic rings. The van der Waals surface area contributed by atoms with Crippen molar-refractivity contribution in [3.63, 3.8) is 0 Å². The summed E-state index contributed by atoms with van der Waals surface area (Å²) in [5.74, 6) is 0. The Morgan fingerprint density at radius 3 is 2.60 bits per heavy atom. The quantitative estimate of drug-likeness (QED) is 0.778. The van der Waals surface area contributed by atoms with Crippen molar-refractivity contribution < 1.29 is 0 Å². The lowest BCUT2D eigenvalue weighted by Crippen LogP contribution is -2.39. The average molecular weight is 202 g/mol. The lowest BCUT2D eigenvalue weighted by atomic mass is 10.0. The van der Waals surface area contributed by atoms with Gasteiger partial charge >= 0.3 is 0 Å². The highest BCUT2D eigenvalue weighted by Crippen LogP contribution is 2.45. The molecule has 0 spiro atoms. The van der Waals surface area contributed by atoms with Gasteiger partial charge in [0.15, 0.2) is 0 Å². The van der Waals surface area contributed by atoms with Crippen LogP contribution in [0, 0.1) is 0 Å². The fourth-order valence-electron chi connectivity index (χ4n) is 2.57. The van der Waals surface area contributed by atoms with Gasteiger partial charge in [-0.05, 0) is 31.4 Å². The van der Waals surface area contributed by atoms with Crippen LogP contribution in [0.2, 0.25) is 0 Å². The average Bonchev–Trinajstić information content (AvgIpc) is 2.88. The molecule has 0 aromatic heterocycles. The van der Waals surface area contributed by atoms with E-state index in [1.165, 1.54) is 31.4 Å². The molecule has 15 heavy (non-hydrogen) atoms. The molecule has 1 saturated carbocycles. The monoisotopic (exact) mass is 202 g/mol. The lowest BCUT2D eigenvalue weighted by Gasteiger charge is -2.22. The summed E-state index contributed by atoms with van der Waals surface area (Å²) in [4.78, 5) is 0. The van der Waals surface area contributed by atoms with Crippen LogP contribution in [0.4, 0.5) is 0 Å². The normalized spacial score (nSPS) is 27.9. The molecule has 1 heterocycles. The fourth-order valence-corrected chi connectivity index (χ4v) is 2.57. The molecule has 1 atom stereocenters. The maximum atomic E-state index is 3.82. The van der Waals surface area contributed by atoms with Crippen LogP contribution >= 0.6 is 0 Å². The van der Waals surface area contributed by atoms with E-state index in [4.69, 9.17) is 0 Å². The topological polar surface area (TPSA) is 24.1 Å². The molecular formula is C13H18N2. The van der Waals surface area contributed by atoms with E-state index in [1.807, 2.05) is 0 Å². The standard InChI is InChI=1S/C13H18N2/c1-2-4-11(5-3-1)13(7-8-13)15-12-6-9-14-10-12/h1-5,12,14-15H,6-10H2. The highest BCUT2D eigenvalue weighted by molar-refractivity contribution is 5.30. The van der Waals surface area contributed by atoms with Gasteiger partial charge in [0, 0.05) is 18.1 Å². The Bertz CT molecular complexity index is 324. The maximum absolute atomic E-state index is 3.82. The molecule has 2 fully saturated rings. The van der Waals surface area contributed by atoms with Crippen molar-refractivity contribution in [2.75, 3.05) is 13.1 Å². The Labute approximate surface area is 91.1 Å². The molecule has 2 nitrogen and oxygen atoms in total. The molecule has 1 aliphatic heterocycles. The second kappa shape index (κ2) is 3.62. The smallest absolute Gasteiger partial charge is 0.0438 e. The fraction of sp³-hybridized carbons (Fsp3) is 0.538. The summed E-state index contributed by atoms with van der Waals surface area (Å²) >= 11 is 0. The van der Waals surface area contributed by atoms with Crippen molar-refractivity contribution in [3.05, 3.63) is 35.9 Å². The van der Waals surface area contributed by atoms with Crippen LogP contribution in [0.25, 0.3) is 0 Å². The second-order valence-corrected chi connectivity index (χ2v) is 4.78. The first-order chi connectivity index (χ1) is 7.39. The summed E-state index contributed by atoms with van der Waals surface area (Å²) in [7, 11) is 0. The molecule has 3 rings (SSSR count). The first-order valence-electron chi connectivity index (χ1n) is 5.93. The predicted octanol–water partition coefficient (Wildman–Crippen LogP) is 1.63. The molecule has 1 saturated heterocycles. The van der Waals surface area contributed by atoms with Gasteiger partial charge in [0.25, 0.3) is 0 Å². The van der Waals surface area contributed by atoms with Gasteiger partial charge < -0.3 is 10.6 Å². The number of hydrogen-bond acceptors (Lipinski definition) is 2. The first kappa shape index (κ1) is 9.37. The molecule has 80 valence electrons. The molecule has 0 amide bonds. The van der Waals surface area contributed by atoms with Crippen LogP contribution < -0.4 is 10.6 Å². The minimum atomic E-state index is 0.317. The molecule has 2 N–H and O–H groups in total. The van der Waals surface area contributed by atoms with Crippen LogP contribution in [0.3, 0.4) is 0 Å². The Hall–Kier alpha value is -0.860. The highest BCUT2D eigenvalue weighted by atomic mass is 15.1. The summed E-state index contributed by atoms with van der Waals surface area (Å²) in [6.45, 7) is 2.30. The van der Waals surface area contributed by atoms with E-state index in [2.05, 4.69) is 41.0 Å². The second-order valence-electron chi connectivity index (χ2n) is 4.78. The molecular weight excluding hydrogens is 184 g/mol. The summed E-state index contributed by atoms with van der Waals surface area (Å²) in [5, 5.41) is 7.23. The van der Waals surface area contributed by atoms with E-state index in [-0.39, 0.29) is 0 Å². The first-order valence-corrected chi connectivity index (χ1v) is 5.93. The predicted molar refractivity (Wildman–Crippen MR) is 61.8 cm³/mol. The molecule has 0 radical (unpaired) electrons. The van der Waals surface area contributed by atoms with Crippen LogP contribution in [0.1, 0.15) is 24.8 Å². The number of rotatable bonds is 3. The van der Waals surface area contributed by atoms with Gasteiger partial charge in [0.05, 0.1) is 0 Å². The SMILES string of the molecule is c1ccc(C2(NC3CCNC3)CC2)cc1. The van der Waals surface area contributed by atoms with E-state index in [1.54, 1.807) is 0 Å². The zero-order valence-corrected chi connectivity index (χ0v) is 9.00. The van der Waals surface area contributed by atoms with Gasteiger partial charge in [-0.25, -0.2) is 0 Å². The highest BCUT2D eigenvalue weighted by Gasteiger charge is 2.45.